The summed E-state index contributed by atoms with van der Waals surface area (Å²) >= 11 is 0. The van der Waals surface area contributed by atoms with Crippen molar-refractivity contribution in [3.63, 3.8) is 0 Å². The number of hydrogen-bond acceptors (Lipinski definition) is 5. The Kier molecular flexibility index (Phi) is 9.25. The molecular formula is C30H29F2NO6. The summed E-state index contributed by atoms with van der Waals surface area (Å²) in [6.45, 7) is 0.236. The van der Waals surface area contributed by atoms with E-state index in [2.05, 4.69) is 5.32 Å². The number of carbonyl (C=O) groups is 3. The third-order valence-corrected chi connectivity index (χ3v) is 6.60. The fraction of sp³-hybridized carbons (Fsp3) is 0.300. The molecule has 39 heavy (non-hydrogen) atoms. The minimum Gasteiger partial charge on any atom is -0.490 e. The minimum atomic E-state index is -0.800. The molecule has 4 rings (SSSR count). The number of hydrogen-bond donors (Lipinski definition) is 2. The molecule has 3 aromatic carbocycles. The maximum absolute atomic E-state index is 14.6. The van der Waals surface area contributed by atoms with E-state index in [1.54, 1.807) is 30.3 Å². The average molecular weight is 538 g/mol. The van der Waals surface area contributed by atoms with E-state index in [1.165, 1.54) is 36.4 Å². The van der Waals surface area contributed by atoms with Crippen molar-refractivity contribution in [2.24, 2.45) is 5.92 Å². The highest BCUT2D eigenvalue weighted by Gasteiger charge is 2.27. The highest BCUT2D eigenvalue weighted by atomic mass is 19.1. The lowest BCUT2D eigenvalue weighted by molar-refractivity contribution is -0.143. The number of ketones is 1. The number of Topliss-reactive ketones (excluding diaryl/α,β-unsaturated/α-hetero) is 1. The van der Waals surface area contributed by atoms with Crippen molar-refractivity contribution in [1.82, 2.24) is 5.32 Å². The summed E-state index contributed by atoms with van der Waals surface area (Å²) < 4.78 is 39.0. The van der Waals surface area contributed by atoms with Gasteiger partial charge in [0.1, 0.15) is 28.9 Å². The number of halogens is 2. The monoisotopic (exact) mass is 537 g/mol. The van der Waals surface area contributed by atoms with Crippen molar-refractivity contribution >= 4 is 17.7 Å². The number of nitrogens with one attached hydrogen (secondary N) is 1. The van der Waals surface area contributed by atoms with Gasteiger partial charge < -0.3 is 19.9 Å². The van der Waals surface area contributed by atoms with Gasteiger partial charge in [0.2, 0.25) is 0 Å². The Bertz CT molecular complexity index is 1300. The molecule has 0 bridgehead atoms. The van der Waals surface area contributed by atoms with Gasteiger partial charge in [-0.2, -0.15) is 0 Å². The summed E-state index contributed by atoms with van der Waals surface area (Å²) in [5.41, 5.74) is 0.367. The molecule has 2 N–H and O–H groups in total. The largest absolute Gasteiger partial charge is 0.490 e. The zero-order valence-electron chi connectivity index (χ0n) is 21.2. The van der Waals surface area contributed by atoms with E-state index in [-0.39, 0.29) is 48.1 Å². The second kappa shape index (κ2) is 13.0. The Morgan fingerprint density at radius 3 is 2.08 bits per heavy atom. The molecule has 1 saturated carbocycles. The van der Waals surface area contributed by atoms with E-state index in [0.717, 1.165) is 0 Å². The molecule has 0 spiro atoms. The Morgan fingerprint density at radius 1 is 0.846 bits per heavy atom. The number of carbonyl (C=O) groups excluding carboxylic acids is 2. The van der Waals surface area contributed by atoms with Crippen LogP contribution in [0.2, 0.25) is 0 Å². The minimum absolute atomic E-state index is 0.0417. The van der Waals surface area contributed by atoms with Crippen LogP contribution in [-0.4, -0.2) is 35.4 Å². The van der Waals surface area contributed by atoms with Crippen molar-refractivity contribution in [1.29, 1.82) is 0 Å². The molecule has 204 valence electrons. The van der Waals surface area contributed by atoms with Gasteiger partial charge in [0.25, 0.3) is 5.91 Å². The normalized spacial score (nSPS) is 16.8. The van der Waals surface area contributed by atoms with Crippen molar-refractivity contribution in [2.75, 3.05) is 6.54 Å². The van der Waals surface area contributed by atoms with E-state index in [1.807, 2.05) is 0 Å². The first-order chi connectivity index (χ1) is 18.8. The highest BCUT2D eigenvalue weighted by Crippen LogP contribution is 2.29. The second-order valence-electron chi connectivity index (χ2n) is 9.43. The van der Waals surface area contributed by atoms with Gasteiger partial charge in [-0.15, -0.1) is 0 Å². The van der Waals surface area contributed by atoms with Gasteiger partial charge in [0.05, 0.1) is 17.6 Å². The van der Waals surface area contributed by atoms with Gasteiger partial charge in [-0.05, 0) is 92.8 Å². The molecule has 7 nitrogen and oxygen atoms in total. The van der Waals surface area contributed by atoms with Gasteiger partial charge in [-0.1, -0.05) is 0 Å². The molecule has 3 aromatic rings. The van der Waals surface area contributed by atoms with Crippen LogP contribution >= 0.6 is 0 Å². The molecule has 0 aromatic heterocycles. The van der Waals surface area contributed by atoms with Crippen LogP contribution < -0.4 is 14.8 Å². The maximum atomic E-state index is 14.6. The summed E-state index contributed by atoms with van der Waals surface area (Å²) in [5, 5.41) is 11.8. The maximum Gasteiger partial charge on any atom is 0.306 e. The molecule has 1 aliphatic rings. The van der Waals surface area contributed by atoms with Gasteiger partial charge >= 0.3 is 5.97 Å². The van der Waals surface area contributed by atoms with Crippen LogP contribution in [-0.2, 0) is 4.79 Å². The van der Waals surface area contributed by atoms with Crippen LogP contribution in [0.4, 0.5) is 8.78 Å². The van der Waals surface area contributed by atoms with E-state index in [4.69, 9.17) is 14.6 Å². The summed E-state index contributed by atoms with van der Waals surface area (Å²) in [6.07, 6.45) is 2.42. The Morgan fingerprint density at radius 2 is 1.46 bits per heavy atom. The Hall–Kier alpha value is -4.27. The first kappa shape index (κ1) is 27.8. The van der Waals surface area contributed by atoms with Gasteiger partial charge in [-0.25, -0.2) is 8.78 Å². The first-order valence-electron chi connectivity index (χ1n) is 12.8. The predicted molar refractivity (Wildman–Crippen MR) is 139 cm³/mol. The lowest BCUT2D eigenvalue weighted by Gasteiger charge is -2.26. The SMILES string of the molecule is O=C(NCCCC(=O)c1ccc(OC2CCC(C(=O)O)CC2)cc1F)c1ccc(Oc2ccc(F)cc2)cc1. The van der Waals surface area contributed by atoms with Crippen LogP contribution in [0.3, 0.4) is 0 Å². The molecule has 0 aliphatic heterocycles. The molecule has 0 saturated heterocycles. The molecular weight excluding hydrogens is 508 g/mol. The third-order valence-electron chi connectivity index (χ3n) is 6.60. The van der Waals surface area contributed by atoms with Crippen LogP contribution in [0.1, 0.15) is 59.2 Å². The lowest BCUT2D eigenvalue weighted by atomic mass is 9.87. The summed E-state index contributed by atoms with van der Waals surface area (Å²) in [4.78, 5) is 36.0. The molecule has 1 fully saturated rings. The van der Waals surface area contributed by atoms with Gasteiger partial charge in [0.15, 0.2) is 5.78 Å². The summed E-state index contributed by atoms with van der Waals surface area (Å²) in [6, 6.07) is 16.1. The number of ether oxygens (including phenoxy) is 2. The fourth-order valence-electron chi connectivity index (χ4n) is 4.42. The third kappa shape index (κ3) is 7.86. The zero-order chi connectivity index (χ0) is 27.8. The fourth-order valence-corrected chi connectivity index (χ4v) is 4.42. The molecule has 0 heterocycles. The molecule has 1 amide bonds. The van der Waals surface area contributed by atoms with Crippen molar-refractivity contribution in [3.05, 3.63) is 89.5 Å². The number of rotatable bonds is 11. The van der Waals surface area contributed by atoms with Crippen LogP contribution in [0.15, 0.2) is 66.7 Å². The smallest absolute Gasteiger partial charge is 0.306 e. The van der Waals surface area contributed by atoms with Crippen molar-refractivity contribution in [3.8, 4) is 17.2 Å². The van der Waals surface area contributed by atoms with Crippen molar-refractivity contribution < 1.29 is 37.7 Å². The summed E-state index contributed by atoms with van der Waals surface area (Å²) in [5.74, 6) is -1.62. The van der Waals surface area contributed by atoms with E-state index >= 15 is 0 Å². The van der Waals surface area contributed by atoms with E-state index < -0.39 is 11.8 Å². The van der Waals surface area contributed by atoms with Crippen LogP contribution in [0.5, 0.6) is 17.2 Å². The molecule has 0 atom stereocenters. The lowest BCUT2D eigenvalue weighted by Crippen LogP contribution is -2.27. The number of benzene rings is 3. The number of carboxylic acids is 1. The Balaban J connectivity index is 1.19. The predicted octanol–water partition coefficient (Wildman–Crippen LogP) is 6.17. The van der Waals surface area contributed by atoms with E-state index in [9.17, 15) is 23.2 Å². The van der Waals surface area contributed by atoms with Crippen molar-refractivity contribution in [2.45, 2.75) is 44.6 Å². The average Bonchev–Trinajstić information content (AvgIpc) is 2.93. The molecule has 9 heteroatoms. The highest BCUT2D eigenvalue weighted by molar-refractivity contribution is 5.96. The summed E-state index contributed by atoms with van der Waals surface area (Å²) in [7, 11) is 0. The number of carboxylic acid groups (broad SMARTS) is 1. The Labute approximate surface area is 224 Å². The van der Waals surface area contributed by atoms with Gasteiger partial charge in [-0.3, -0.25) is 14.4 Å². The van der Waals surface area contributed by atoms with E-state index in [0.29, 0.717) is 54.9 Å². The topological polar surface area (TPSA) is 102 Å². The second-order valence-corrected chi connectivity index (χ2v) is 9.43. The zero-order valence-corrected chi connectivity index (χ0v) is 21.2. The van der Waals surface area contributed by atoms with Crippen LogP contribution in [0, 0.1) is 17.6 Å². The standard InChI is InChI=1S/C30H29F2NO6/c31-21-7-13-24(14-8-21)38-22-9-3-19(4-10-22)29(35)33-17-1-2-28(34)26-16-15-25(18-27(26)32)39-23-11-5-20(6-12-23)30(36)37/h3-4,7-10,13-16,18,20,23H,1-2,5-6,11-12,17H2,(H,33,35)(H,36,37). The van der Waals surface area contributed by atoms with Crippen LogP contribution in [0.25, 0.3) is 0 Å². The van der Waals surface area contributed by atoms with Gasteiger partial charge in [0, 0.05) is 24.6 Å². The molecule has 0 radical (unpaired) electrons. The number of amides is 1. The number of aliphatic carboxylic acids is 1. The quantitative estimate of drug-likeness (QED) is 0.224. The molecule has 0 unspecified atom stereocenters. The molecule has 1 aliphatic carbocycles. The first-order valence-corrected chi connectivity index (χ1v) is 12.8.